The number of carbonyl (C=O) groups excluding carboxylic acids is 2. The lowest BCUT2D eigenvalue weighted by molar-refractivity contribution is -0.127. The van der Waals surface area contributed by atoms with Crippen LogP contribution in [0.5, 0.6) is 0 Å². The summed E-state index contributed by atoms with van der Waals surface area (Å²) < 4.78 is 0. The summed E-state index contributed by atoms with van der Waals surface area (Å²) in [5.41, 5.74) is 10.3. The molecule has 0 radical (unpaired) electrons. The molecule has 0 saturated carbocycles. The monoisotopic (exact) mass is 173 g/mol. The molecule has 0 spiro atoms. The van der Waals surface area contributed by atoms with Crippen molar-refractivity contribution in [2.45, 2.75) is 19.9 Å². The van der Waals surface area contributed by atoms with Crippen LogP contribution in [0, 0.1) is 5.92 Å². The van der Waals surface area contributed by atoms with Crippen molar-refractivity contribution in [2.24, 2.45) is 17.4 Å². The second kappa shape index (κ2) is 4.71. The number of rotatable bonds is 4. The number of nitrogens with two attached hydrogens (primary N) is 2. The van der Waals surface area contributed by atoms with Gasteiger partial charge >= 0.3 is 0 Å². The molecule has 0 aromatic heterocycles. The zero-order valence-corrected chi connectivity index (χ0v) is 7.33. The fraction of sp³-hybridized carbons (Fsp3) is 0.714. The van der Waals surface area contributed by atoms with Crippen molar-refractivity contribution in [1.29, 1.82) is 0 Å². The zero-order chi connectivity index (χ0) is 9.72. The van der Waals surface area contributed by atoms with Crippen molar-refractivity contribution >= 4 is 11.8 Å². The fourth-order valence-corrected chi connectivity index (χ4v) is 0.574. The first-order valence-corrected chi connectivity index (χ1v) is 3.76. The molecule has 2 unspecified atom stereocenters. The average Bonchev–Trinajstić information content (AvgIpc) is 1.98. The van der Waals surface area contributed by atoms with E-state index in [2.05, 4.69) is 5.32 Å². The highest BCUT2D eigenvalue weighted by Gasteiger charge is 2.16. The fourth-order valence-electron chi connectivity index (χ4n) is 0.574. The SMILES string of the molecule is CC(N)C(C)C(=O)NCC(N)=O. The number of primary amides is 1. The van der Waals surface area contributed by atoms with Crippen molar-refractivity contribution in [1.82, 2.24) is 5.32 Å². The Hall–Kier alpha value is -1.10. The predicted octanol–water partition coefficient (Wildman–Crippen LogP) is -1.43. The van der Waals surface area contributed by atoms with Crippen LogP contribution in [0.4, 0.5) is 0 Å². The summed E-state index contributed by atoms with van der Waals surface area (Å²) in [5.74, 6) is -1.10. The average molecular weight is 173 g/mol. The molecule has 2 atom stereocenters. The molecule has 12 heavy (non-hydrogen) atoms. The molecular formula is C7H15N3O2. The zero-order valence-electron chi connectivity index (χ0n) is 7.33. The van der Waals surface area contributed by atoms with E-state index in [1.54, 1.807) is 13.8 Å². The van der Waals surface area contributed by atoms with E-state index in [0.717, 1.165) is 0 Å². The predicted molar refractivity (Wildman–Crippen MR) is 45.0 cm³/mol. The van der Waals surface area contributed by atoms with Crippen LogP contribution < -0.4 is 16.8 Å². The van der Waals surface area contributed by atoms with Crippen molar-refractivity contribution in [2.75, 3.05) is 6.54 Å². The highest BCUT2D eigenvalue weighted by molar-refractivity contribution is 5.85. The lowest BCUT2D eigenvalue weighted by atomic mass is 10.0. The summed E-state index contributed by atoms with van der Waals surface area (Å²) in [5, 5.41) is 2.37. The van der Waals surface area contributed by atoms with Crippen LogP contribution in [0.3, 0.4) is 0 Å². The van der Waals surface area contributed by atoms with Gasteiger partial charge in [-0.1, -0.05) is 6.92 Å². The molecule has 0 aromatic carbocycles. The van der Waals surface area contributed by atoms with Crippen molar-refractivity contribution < 1.29 is 9.59 Å². The van der Waals surface area contributed by atoms with E-state index >= 15 is 0 Å². The molecule has 5 heteroatoms. The van der Waals surface area contributed by atoms with Crippen LogP contribution >= 0.6 is 0 Å². The summed E-state index contributed by atoms with van der Waals surface area (Å²) in [7, 11) is 0. The van der Waals surface area contributed by atoms with Crippen molar-refractivity contribution in [3.63, 3.8) is 0 Å². The Morgan fingerprint density at radius 3 is 2.25 bits per heavy atom. The molecule has 0 aliphatic carbocycles. The minimum atomic E-state index is -0.555. The first-order chi connectivity index (χ1) is 5.45. The molecule has 0 heterocycles. The molecule has 2 amide bonds. The van der Waals surface area contributed by atoms with Gasteiger partial charge in [0.15, 0.2) is 0 Å². The van der Waals surface area contributed by atoms with Crippen molar-refractivity contribution in [3.05, 3.63) is 0 Å². The summed E-state index contributed by atoms with van der Waals surface area (Å²) in [4.78, 5) is 21.4. The van der Waals surface area contributed by atoms with Gasteiger partial charge in [0.05, 0.1) is 6.54 Å². The topological polar surface area (TPSA) is 98.2 Å². The maximum Gasteiger partial charge on any atom is 0.236 e. The minimum absolute atomic E-state index is 0.129. The molecule has 0 bridgehead atoms. The van der Waals surface area contributed by atoms with Crippen LogP contribution in [-0.4, -0.2) is 24.4 Å². The number of hydrogen-bond acceptors (Lipinski definition) is 3. The Balaban J connectivity index is 3.80. The Morgan fingerprint density at radius 1 is 1.42 bits per heavy atom. The van der Waals surface area contributed by atoms with Crippen molar-refractivity contribution in [3.8, 4) is 0 Å². The summed E-state index contributed by atoms with van der Waals surface area (Å²) >= 11 is 0. The Morgan fingerprint density at radius 2 is 1.92 bits per heavy atom. The van der Waals surface area contributed by atoms with Crippen LogP contribution in [0.25, 0.3) is 0 Å². The largest absolute Gasteiger partial charge is 0.368 e. The van der Waals surface area contributed by atoms with Crippen LogP contribution in [-0.2, 0) is 9.59 Å². The van der Waals surface area contributed by atoms with Gasteiger partial charge in [-0.05, 0) is 6.92 Å². The molecule has 0 saturated heterocycles. The number of amides is 2. The van der Waals surface area contributed by atoms with E-state index in [1.165, 1.54) is 0 Å². The smallest absolute Gasteiger partial charge is 0.236 e. The summed E-state index contributed by atoms with van der Waals surface area (Å²) in [6.07, 6.45) is 0. The Kier molecular flexibility index (Phi) is 4.28. The van der Waals surface area contributed by atoms with Crippen LogP contribution in [0.1, 0.15) is 13.8 Å². The van der Waals surface area contributed by atoms with E-state index in [1.807, 2.05) is 0 Å². The van der Waals surface area contributed by atoms with Gasteiger partial charge < -0.3 is 16.8 Å². The lowest BCUT2D eigenvalue weighted by Crippen LogP contribution is -2.41. The van der Waals surface area contributed by atoms with E-state index in [4.69, 9.17) is 11.5 Å². The third kappa shape index (κ3) is 3.92. The second-order valence-electron chi connectivity index (χ2n) is 2.83. The molecule has 5 nitrogen and oxygen atoms in total. The first-order valence-electron chi connectivity index (χ1n) is 3.76. The van der Waals surface area contributed by atoms with Crippen LogP contribution in [0.2, 0.25) is 0 Å². The van der Waals surface area contributed by atoms with Gasteiger partial charge in [0.2, 0.25) is 11.8 Å². The van der Waals surface area contributed by atoms with Gasteiger partial charge in [0.1, 0.15) is 0 Å². The van der Waals surface area contributed by atoms with E-state index < -0.39 is 5.91 Å². The molecule has 0 fully saturated rings. The van der Waals surface area contributed by atoms with Gasteiger partial charge in [-0.3, -0.25) is 9.59 Å². The molecule has 70 valence electrons. The normalized spacial score (nSPS) is 14.9. The molecule has 0 aromatic rings. The van der Waals surface area contributed by atoms with Gasteiger partial charge in [-0.15, -0.1) is 0 Å². The number of carbonyl (C=O) groups is 2. The first kappa shape index (κ1) is 10.9. The van der Waals surface area contributed by atoms with E-state index in [0.29, 0.717) is 0 Å². The van der Waals surface area contributed by atoms with Gasteiger partial charge in [0.25, 0.3) is 0 Å². The van der Waals surface area contributed by atoms with E-state index in [-0.39, 0.29) is 24.4 Å². The summed E-state index contributed by atoms with van der Waals surface area (Å²) in [6, 6.07) is -0.224. The van der Waals surface area contributed by atoms with Gasteiger partial charge in [-0.2, -0.15) is 0 Å². The third-order valence-electron chi connectivity index (χ3n) is 1.64. The maximum absolute atomic E-state index is 11.1. The standard InChI is InChI=1S/C7H15N3O2/c1-4(5(2)8)7(12)10-3-6(9)11/h4-5H,3,8H2,1-2H3,(H2,9,11)(H,10,12). The molecule has 0 aliphatic rings. The number of hydrogen-bond donors (Lipinski definition) is 3. The molecule has 0 rings (SSSR count). The molecule has 0 aliphatic heterocycles. The second-order valence-corrected chi connectivity index (χ2v) is 2.83. The van der Waals surface area contributed by atoms with E-state index in [9.17, 15) is 9.59 Å². The Labute approximate surface area is 71.5 Å². The highest BCUT2D eigenvalue weighted by atomic mass is 16.2. The quantitative estimate of drug-likeness (QED) is 0.486. The third-order valence-corrected chi connectivity index (χ3v) is 1.64. The highest BCUT2D eigenvalue weighted by Crippen LogP contribution is 1.98. The molecular weight excluding hydrogens is 158 g/mol. The Bertz CT molecular complexity index is 179. The van der Waals surface area contributed by atoms with Gasteiger partial charge in [-0.25, -0.2) is 0 Å². The lowest BCUT2D eigenvalue weighted by Gasteiger charge is -2.14. The molecule has 5 N–H and O–H groups in total. The van der Waals surface area contributed by atoms with Gasteiger partial charge in [0, 0.05) is 12.0 Å². The van der Waals surface area contributed by atoms with Crippen LogP contribution in [0.15, 0.2) is 0 Å². The summed E-state index contributed by atoms with van der Waals surface area (Å²) in [6.45, 7) is 3.30. The number of nitrogens with one attached hydrogen (secondary N) is 1. The minimum Gasteiger partial charge on any atom is -0.368 e. The maximum atomic E-state index is 11.1.